The third-order valence-electron chi connectivity index (χ3n) is 11.6. The summed E-state index contributed by atoms with van der Waals surface area (Å²) in [6.07, 6.45) is 8.12. The highest BCUT2D eigenvalue weighted by Gasteiger charge is 2.36. The number of ether oxygens (including phenoxy) is 1. The van der Waals surface area contributed by atoms with E-state index in [1.807, 2.05) is 0 Å². The van der Waals surface area contributed by atoms with Gasteiger partial charge in [0.1, 0.15) is 35.2 Å². The molecule has 3 heterocycles. The lowest BCUT2D eigenvalue weighted by atomic mass is 9.89. The average Bonchev–Trinajstić information content (AvgIpc) is 3.68. The number of hydrogen-bond donors (Lipinski definition) is 5. The number of unbranched alkanes of at least 4 members (excludes halogenated alkanes) is 11. The molecule has 5 atom stereocenters. The standard InChI is InChI=1S/C47H60N4O17P2/c48-42-20-22-51(47(58)50-42)43-29-38(54)41(68-43)30-66-70(61,62)65-25-12-8-5-3-1-2-4-7-11-23-63-69(59,60)64-24-13-9-6-10-21-49-45(55)31-14-17-34(46(56)57)37(26-31)44-35-18-15-32(52)27-39(35)67-40-28-33(53)16-19-36(40)44/h14-20,22,26-28,38,41,43,52,54H,1-13,21,23-25,29-30H2,(H,49,55)(H,56,57)(H,59,60)(H,61,62)(H2,48,50,58)/p-2/t38-,41-,43-/m1/s1. The summed E-state index contributed by atoms with van der Waals surface area (Å²) >= 11 is 0. The Morgan fingerprint density at radius 1 is 0.786 bits per heavy atom. The van der Waals surface area contributed by atoms with Crippen LogP contribution in [0.25, 0.3) is 33.4 Å². The van der Waals surface area contributed by atoms with Gasteiger partial charge >= 0.3 is 11.7 Å². The Hall–Kier alpha value is -5.31. The van der Waals surface area contributed by atoms with Crippen LogP contribution in [0.5, 0.6) is 5.75 Å². The van der Waals surface area contributed by atoms with E-state index in [-0.39, 0.29) is 71.3 Å². The monoisotopic (exact) mass is 1010 g/mol. The third kappa shape index (κ3) is 15.8. The third-order valence-corrected chi connectivity index (χ3v) is 13.6. The van der Waals surface area contributed by atoms with Gasteiger partial charge in [0.05, 0.1) is 38.1 Å². The number of phenols is 1. The van der Waals surface area contributed by atoms with Crippen molar-refractivity contribution >= 4 is 44.3 Å². The zero-order valence-corrected chi connectivity index (χ0v) is 40.2. The van der Waals surface area contributed by atoms with Gasteiger partial charge in [-0.3, -0.25) is 23.3 Å². The molecule has 380 valence electrons. The Bertz CT molecular complexity index is 2750. The summed E-state index contributed by atoms with van der Waals surface area (Å²) in [5.41, 5.74) is 5.97. The van der Waals surface area contributed by atoms with Gasteiger partial charge < -0.3 is 63.4 Å². The number of nitrogens with two attached hydrogens (primary N) is 1. The van der Waals surface area contributed by atoms with E-state index in [2.05, 4.69) is 10.3 Å². The van der Waals surface area contributed by atoms with Gasteiger partial charge in [0, 0.05) is 53.4 Å². The number of carboxylic acids is 1. The topological polar surface area (TPSA) is 324 Å². The minimum Gasteiger partial charge on any atom is -0.756 e. The maximum absolute atomic E-state index is 13.2. The van der Waals surface area contributed by atoms with Crippen LogP contribution in [-0.4, -0.2) is 81.9 Å². The maximum atomic E-state index is 13.2. The number of anilines is 1. The second kappa shape index (κ2) is 25.7. The summed E-state index contributed by atoms with van der Waals surface area (Å²) in [5, 5.41) is 33.8. The van der Waals surface area contributed by atoms with Crippen molar-refractivity contribution in [1.82, 2.24) is 14.9 Å². The van der Waals surface area contributed by atoms with E-state index in [9.17, 15) is 53.4 Å². The highest BCUT2D eigenvalue weighted by Crippen LogP contribution is 2.43. The molecule has 23 heteroatoms. The smallest absolute Gasteiger partial charge is 0.351 e. The Morgan fingerprint density at radius 2 is 1.40 bits per heavy atom. The molecule has 1 saturated heterocycles. The molecule has 1 amide bonds. The molecule has 2 unspecified atom stereocenters. The number of aromatic hydroxyl groups is 1. The first-order valence-electron chi connectivity index (χ1n) is 23.2. The molecule has 0 saturated carbocycles. The normalized spacial score (nSPS) is 17.7. The number of nitrogens with zero attached hydrogens (tertiary/aromatic N) is 2. The summed E-state index contributed by atoms with van der Waals surface area (Å²) < 4.78 is 56.9. The quantitative estimate of drug-likeness (QED) is 0.0200. The first-order valence-corrected chi connectivity index (χ1v) is 26.2. The molecule has 0 spiro atoms. The van der Waals surface area contributed by atoms with Crippen LogP contribution in [0.15, 0.2) is 80.9 Å². The number of fused-ring (bicyclic) bond motifs is 2. The molecule has 6 rings (SSSR count). The highest BCUT2D eigenvalue weighted by molar-refractivity contribution is 7.46. The van der Waals surface area contributed by atoms with Crippen LogP contribution >= 0.6 is 15.6 Å². The average molecular weight is 1010 g/mol. The number of phosphoric ester groups is 2. The van der Waals surface area contributed by atoms with Crippen molar-refractivity contribution in [1.29, 1.82) is 0 Å². The number of phenolic OH excluding ortho intramolecular Hbond substituents is 1. The predicted octanol–water partition coefficient (Wildman–Crippen LogP) is 6.26. The van der Waals surface area contributed by atoms with E-state index >= 15 is 0 Å². The van der Waals surface area contributed by atoms with Gasteiger partial charge in [-0.05, 0) is 79.8 Å². The van der Waals surface area contributed by atoms with Crippen molar-refractivity contribution in [3.05, 3.63) is 98.7 Å². The molecular formula is C47H58N4O17P2-2. The van der Waals surface area contributed by atoms with Crippen molar-refractivity contribution in [2.24, 2.45) is 0 Å². The lowest BCUT2D eigenvalue weighted by Crippen LogP contribution is -2.29. The van der Waals surface area contributed by atoms with Gasteiger partial charge in [-0.2, -0.15) is 4.98 Å². The lowest BCUT2D eigenvalue weighted by molar-refractivity contribution is -0.229. The summed E-state index contributed by atoms with van der Waals surface area (Å²) in [5.74, 6) is -1.52. The minimum atomic E-state index is -4.64. The molecule has 3 aliphatic rings. The van der Waals surface area contributed by atoms with Crippen molar-refractivity contribution in [2.45, 2.75) is 108 Å². The van der Waals surface area contributed by atoms with Crippen LogP contribution in [0.4, 0.5) is 5.82 Å². The van der Waals surface area contributed by atoms with E-state index in [0.29, 0.717) is 61.6 Å². The molecule has 2 aliphatic heterocycles. The second-order valence-electron chi connectivity index (χ2n) is 16.9. The van der Waals surface area contributed by atoms with Crippen LogP contribution < -0.4 is 32.0 Å². The molecule has 6 N–H and O–H groups in total. The number of rotatable bonds is 29. The van der Waals surface area contributed by atoms with E-state index in [1.54, 1.807) is 6.07 Å². The van der Waals surface area contributed by atoms with Crippen LogP contribution in [0.2, 0.25) is 0 Å². The number of carbonyl (C=O) groups is 2. The summed E-state index contributed by atoms with van der Waals surface area (Å²) in [7, 11) is -9.09. The van der Waals surface area contributed by atoms with Gasteiger partial charge in [-0.25, -0.2) is 9.59 Å². The number of phosphoric acid groups is 2. The number of aromatic nitrogens is 2. The fraction of sp³-hybridized carbons (Fsp3) is 0.468. The van der Waals surface area contributed by atoms with Gasteiger partial charge in [0.15, 0.2) is 5.43 Å². The van der Waals surface area contributed by atoms with E-state index in [0.717, 1.165) is 49.5 Å². The number of aliphatic hydroxyl groups excluding tert-OH is 1. The molecule has 0 radical (unpaired) electrons. The van der Waals surface area contributed by atoms with Crippen molar-refractivity contribution in [3.63, 3.8) is 0 Å². The zero-order chi connectivity index (χ0) is 50.3. The van der Waals surface area contributed by atoms with Gasteiger partial charge in [0.25, 0.3) is 21.6 Å². The highest BCUT2D eigenvalue weighted by atomic mass is 31.2. The molecule has 70 heavy (non-hydrogen) atoms. The van der Waals surface area contributed by atoms with Crippen LogP contribution in [0.1, 0.15) is 117 Å². The second-order valence-corrected chi connectivity index (χ2v) is 19.7. The first kappa shape index (κ1) is 54.0. The predicted molar refractivity (Wildman–Crippen MR) is 252 cm³/mol. The number of aromatic carboxylic acids is 1. The molecule has 21 nitrogen and oxygen atoms in total. The molecule has 0 bridgehead atoms. The van der Waals surface area contributed by atoms with E-state index in [1.165, 1.54) is 60.8 Å². The number of nitrogens with one attached hydrogen (secondary N) is 1. The number of carbonyl (C=O) groups excluding carboxylic acids is 1. The fourth-order valence-corrected chi connectivity index (χ4v) is 9.54. The number of hydrogen-bond acceptors (Lipinski definition) is 18. The number of carboxylic acid groups (broad SMARTS) is 1. The molecule has 1 aromatic heterocycles. The molecule has 1 aliphatic carbocycles. The van der Waals surface area contributed by atoms with Gasteiger partial charge in [-0.1, -0.05) is 57.8 Å². The van der Waals surface area contributed by atoms with Gasteiger partial charge in [-0.15, -0.1) is 0 Å². The summed E-state index contributed by atoms with van der Waals surface area (Å²) in [4.78, 5) is 77.8. The van der Waals surface area contributed by atoms with Gasteiger partial charge in [0.2, 0.25) is 0 Å². The van der Waals surface area contributed by atoms with E-state index < -0.39 is 58.3 Å². The van der Waals surface area contributed by atoms with Crippen molar-refractivity contribution in [3.8, 4) is 28.2 Å². The Kier molecular flexibility index (Phi) is 19.8. The minimum absolute atomic E-state index is 0.0207. The molecule has 2 aromatic carbocycles. The van der Waals surface area contributed by atoms with Crippen molar-refractivity contribution < 1.29 is 71.1 Å². The van der Waals surface area contributed by atoms with E-state index in [4.69, 9.17) is 33.0 Å². The van der Waals surface area contributed by atoms with Crippen LogP contribution in [0.3, 0.4) is 0 Å². The number of aliphatic hydroxyl groups is 1. The van der Waals surface area contributed by atoms with Crippen molar-refractivity contribution in [2.75, 3.05) is 38.7 Å². The van der Waals surface area contributed by atoms with Crippen LogP contribution in [0, 0.1) is 0 Å². The van der Waals surface area contributed by atoms with Crippen LogP contribution in [-0.2, 0) is 32.0 Å². The number of amides is 1. The summed E-state index contributed by atoms with van der Waals surface area (Å²) in [6.45, 7) is -0.227. The molecule has 3 aromatic rings. The first-order chi connectivity index (χ1) is 33.5. The Balaban J connectivity index is 0.770. The SMILES string of the molecule is Nc1ccn([C@H]2C[C@@H](O)[C@@H](COP(=O)([O-])OCCCCCCCCCCCOP(=O)([O-])OCCCCCCNC(=O)c3ccc(C(=O)O)c(-c4c5ccc(=O)cc-5oc5cc(O)ccc45)c3)O2)c(=O)n1. The largest absolute Gasteiger partial charge is 0.756 e. The summed E-state index contributed by atoms with van der Waals surface area (Å²) in [6, 6.07) is 14.2. The molecular weight excluding hydrogens is 954 g/mol. The number of benzene rings is 3. The number of nitrogen functional groups attached to an aromatic ring is 1. The lowest BCUT2D eigenvalue weighted by Gasteiger charge is -2.25. The Labute approximate surface area is 403 Å². The zero-order valence-electron chi connectivity index (χ0n) is 38.4. The molecule has 1 fully saturated rings. The fourth-order valence-electron chi connectivity index (χ4n) is 8.00. The maximum Gasteiger partial charge on any atom is 0.351 e. The Morgan fingerprint density at radius 3 is 2.03 bits per heavy atom.